The summed E-state index contributed by atoms with van der Waals surface area (Å²) in [5.41, 5.74) is 1.25. The van der Waals surface area contributed by atoms with Gasteiger partial charge in [0.05, 0.1) is 0 Å². The first kappa shape index (κ1) is 9.15. The summed E-state index contributed by atoms with van der Waals surface area (Å²) in [6, 6.07) is 4.04. The average Bonchev–Trinajstić information content (AvgIpc) is 2.72. The second-order valence-electron chi connectivity index (χ2n) is 2.87. The van der Waals surface area contributed by atoms with Crippen molar-refractivity contribution in [2.24, 2.45) is 0 Å². The molecule has 2 aromatic heterocycles. The zero-order valence-electron chi connectivity index (χ0n) is 7.90. The first-order valence-electron chi connectivity index (χ1n) is 4.50. The van der Waals surface area contributed by atoms with E-state index in [4.69, 9.17) is 0 Å². The van der Waals surface area contributed by atoms with Gasteiger partial charge >= 0.3 is 0 Å². The van der Waals surface area contributed by atoms with Gasteiger partial charge in [-0.25, -0.2) is 9.97 Å². The molecule has 2 rings (SSSR count). The fourth-order valence-corrected chi connectivity index (χ4v) is 1.64. The van der Waals surface area contributed by atoms with Gasteiger partial charge in [0.2, 0.25) is 0 Å². The summed E-state index contributed by atoms with van der Waals surface area (Å²) in [5, 5.41) is 5.94. The highest BCUT2D eigenvalue weighted by molar-refractivity contribution is 7.13. The first-order valence-corrected chi connectivity index (χ1v) is 5.38. The number of rotatable bonds is 3. The van der Waals surface area contributed by atoms with Crippen LogP contribution in [0.3, 0.4) is 0 Å². The number of nitrogens with one attached hydrogen (secondary N) is 1. The molecule has 14 heavy (non-hydrogen) atoms. The first-order chi connectivity index (χ1) is 6.88. The van der Waals surface area contributed by atoms with Gasteiger partial charge in [0.15, 0.2) is 5.13 Å². The molecule has 0 aliphatic carbocycles. The van der Waals surface area contributed by atoms with Gasteiger partial charge in [-0.1, -0.05) is 13.0 Å². The monoisotopic (exact) mass is 205 g/mol. The number of pyridine rings is 1. The molecule has 2 aromatic rings. The van der Waals surface area contributed by atoms with E-state index in [0.29, 0.717) is 0 Å². The van der Waals surface area contributed by atoms with Crippen molar-refractivity contribution in [1.82, 2.24) is 9.97 Å². The Balaban J connectivity index is 2.10. The van der Waals surface area contributed by atoms with Crippen LogP contribution in [-0.2, 0) is 6.42 Å². The lowest BCUT2D eigenvalue weighted by Gasteiger charge is -2.01. The number of thiazole rings is 1. The molecule has 0 saturated carbocycles. The molecule has 4 heteroatoms. The maximum Gasteiger partial charge on any atom is 0.188 e. The third-order valence-corrected chi connectivity index (χ3v) is 2.59. The Morgan fingerprint density at radius 3 is 2.86 bits per heavy atom. The molecule has 0 unspecified atom stereocenters. The number of nitrogens with zero attached hydrogens (tertiary/aromatic N) is 2. The largest absolute Gasteiger partial charge is 0.316 e. The minimum atomic E-state index is 0.845. The summed E-state index contributed by atoms with van der Waals surface area (Å²) in [6.45, 7) is 2.12. The zero-order chi connectivity index (χ0) is 9.80. The Morgan fingerprint density at radius 1 is 1.36 bits per heavy atom. The van der Waals surface area contributed by atoms with Crippen molar-refractivity contribution >= 4 is 22.3 Å². The molecule has 0 spiro atoms. The molecule has 72 valence electrons. The number of anilines is 2. The number of aryl methyl sites for hydroxylation is 1. The van der Waals surface area contributed by atoms with Gasteiger partial charge in [0.25, 0.3) is 0 Å². The van der Waals surface area contributed by atoms with E-state index in [1.807, 2.05) is 17.6 Å². The van der Waals surface area contributed by atoms with Crippen LogP contribution in [0.2, 0.25) is 0 Å². The van der Waals surface area contributed by atoms with Gasteiger partial charge in [-0.3, -0.25) is 0 Å². The van der Waals surface area contributed by atoms with E-state index in [1.54, 1.807) is 17.5 Å². The van der Waals surface area contributed by atoms with Crippen LogP contribution >= 0.6 is 11.3 Å². The SMILES string of the molecule is CCc1ccc(Nc2nccs2)nc1. The molecule has 0 bridgehead atoms. The van der Waals surface area contributed by atoms with Crippen molar-refractivity contribution in [2.75, 3.05) is 5.32 Å². The minimum Gasteiger partial charge on any atom is -0.316 e. The molecule has 3 nitrogen and oxygen atoms in total. The second kappa shape index (κ2) is 4.19. The van der Waals surface area contributed by atoms with E-state index >= 15 is 0 Å². The highest BCUT2D eigenvalue weighted by Gasteiger charge is 1.97. The van der Waals surface area contributed by atoms with E-state index in [-0.39, 0.29) is 0 Å². The molecule has 0 atom stereocenters. The van der Waals surface area contributed by atoms with Crippen molar-refractivity contribution in [3.63, 3.8) is 0 Å². The molecule has 0 aromatic carbocycles. The fraction of sp³-hybridized carbons (Fsp3) is 0.200. The summed E-state index contributed by atoms with van der Waals surface area (Å²) in [7, 11) is 0. The molecule has 0 aliphatic rings. The Kier molecular flexibility index (Phi) is 2.74. The van der Waals surface area contributed by atoms with Gasteiger partial charge in [-0.15, -0.1) is 11.3 Å². The molecule has 0 fully saturated rings. The maximum atomic E-state index is 4.28. The zero-order valence-corrected chi connectivity index (χ0v) is 8.71. The van der Waals surface area contributed by atoms with Crippen LogP contribution in [0, 0.1) is 0 Å². The van der Waals surface area contributed by atoms with Crippen LogP contribution in [0.1, 0.15) is 12.5 Å². The lowest BCUT2D eigenvalue weighted by Crippen LogP contribution is -1.93. The highest BCUT2D eigenvalue weighted by Crippen LogP contribution is 2.16. The van der Waals surface area contributed by atoms with Gasteiger partial charge in [-0.2, -0.15) is 0 Å². The van der Waals surface area contributed by atoms with E-state index < -0.39 is 0 Å². The lowest BCUT2D eigenvalue weighted by atomic mass is 10.2. The fourth-order valence-electron chi connectivity index (χ4n) is 1.10. The van der Waals surface area contributed by atoms with E-state index in [0.717, 1.165) is 17.4 Å². The number of aromatic nitrogens is 2. The van der Waals surface area contributed by atoms with Crippen molar-refractivity contribution in [3.05, 3.63) is 35.5 Å². The molecule has 0 aliphatic heterocycles. The second-order valence-corrected chi connectivity index (χ2v) is 3.76. The summed E-state index contributed by atoms with van der Waals surface area (Å²) < 4.78 is 0. The van der Waals surface area contributed by atoms with Gasteiger partial charge in [-0.05, 0) is 18.1 Å². The van der Waals surface area contributed by atoms with Gasteiger partial charge in [0, 0.05) is 17.8 Å². The van der Waals surface area contributed by atoms with E-state index in [1.165, 1.54) is 5.56 Å². The van der Waals surface area contributed by atoms with Crippen molar-refractivity contribution in [2.45, 2.75) is 13.3 Å². The van der Waals surface area contributed by atoms with Gasteiger partial charge < -0.3 is 5.32 Å². The molecule has 2 heterocycles. The van der Waals surface area contributed by atoms with Crippen molar-refractivity contribution in [3.8, 4) is 0 Å². The molecule has 1 N–H and O–H groups in total. The lowest BCUT2D eigenvalue weighted by molar-refractivity contribution is 1.10. The van der Waals surface area contributed by atoms with Crippen LogP contribution in [0.5, 0.6) is 0 Å². The predicted molar refractivity (Wildman–Crippen MR) is 59.0 cm³/mol. The Bertz CT molecular complexity index is 380. The van der Waals surface area contributed by atoms with Crippen LogP contribution in [0.4, 0.5) is 10.9 Å². The third kappa shape index (κ3) is 2.09. The van der Waals surface area contributed by atoms with Crippen LogP contribution in [0.25, 0.3) is 0 Å². The molecule has 0 saturated heterocycles. The van der Waals surface area contributed by atoms with Crippen LogP contribution < -0.4 is 5.32 Å². The molecular weight excluding hydrogens is 194 g/mol. The summed E-state index contributed by atoms with van der Waals surface area (Å²) >= 11 is 1.57. The Hall–Kier alpha value is -1.42. The Morgan fingerprint density at radius 2 is 2.29 bits per heavy atom. The van der Waals surface area contributed by atoms with Gasteiger partial charge in [0.1, 0.15) is 5.82 Å². The molecule has 0 radical (unpaired) electrons. The quantitative estimate of drug-likeness (QED) is 0.837. The number of hydrogen-bond acceptors (Lipinski definition) is 4. The highest BCUT2D eigenvalue weighted by atomic mass is 32.1. The summed E-state index contributed by atoms with van der Waals surface area (Å²) in [6.07, 6.45) is 4.67. The number of hydrogen-bond donors (Lipinski definition) is 1. The molecular formula is C10H11N3S. The van der Waals surface area contributed by atoms with E-state index in [9.17, 15) is 0 Å². The average molecular weight is 205 g/mol. The Labute approximate surface area is 86.8 Å². The standard InChI is InChI=1S/C10H11N3S/c1-2-8-3-4-9(12-7-8)13-10-11-5-6-14-10/h3-7H,2H2,1H3,(H,11,12,13). The third-order valence-electron chi connectivity index (χ3n) is 1.90. The smallest absolute Gasteiger partial charge is 0.188 e. The van der Waals surface area contributed by atoms with Crippen LogP contribution in [0.15, 0.2) is 29.9 Å². The summed E-state index contributed by atoms with van der Waals surface area (Å²) in [5.74, 6) is 0.845. The van der Waals surface area contributed by atoms with Crippen LogP contribution in [-0.4, -0.2) is 9.97 Å². The normalized spacial score (nSPS) is 10.1. The summed E-state index contributed by atoms with van der Waals surface area (Å²) in [4.78, 5) is 8.40. The van der Waals surface area contributed by atoms with Crippen molar-refractivity contribution in [1.29, 1.82) is 0 Å². The van der Waals surface area contributed by atoms with E-state index in [2.05, 4.69) is 28.3 Å². The van der Waals surface area contributed by atoms with Crippen molar-refractivity contribution < 1.29 is 0 Å². The predicted octanol–water partition coefficient (Wildman–Crippen LogP) is 2.84. The topological polar surface area (TPSA) is 37.8 Å². The molecule has 0 amide bonds. The maximum absolute atomic E-state index is 4.28. The minimum absolute atomic E-state index is 0.845.